The topological polar surface area (TPSA) is 58.0 Å². The highest BCUT2D eigenvalue weighted by Gasteiger charge is 2.23. The number of nitrogens with zero attached hydrogens (tertiary/aromatic N) is 2. The molecule has 1 aliphatic rings. The van der Waals surface area contributed by atoms with Gasteiger partial charge in [-0.05, 0) is 25.8 Å². The van der Waals surface area contributed by atoms with E-state index in [1.165, 1.54) is 19.3 Å². The van der Waals surface area contributed by atoms with E-state index >= 15 is 0 Å². The van der Waals surface area contributed by atoms with Gasteiger partial charge in [-0.3, -0.25) is 0 Å². The summed E-state index contributed by atoms with van der Waals surface area (Å²) in [4.78, 5) is 8.45. The quantitative estimate of drug-likeness (QED) is 0.788. The van der Waals surface area contributed by atoms with E-state index in [-0.39, 0.29) is 6.61 Å². The first-order valence-corrected chi connectivity index (χ1v) is 6.46. The second-order valence-corrected chi connectivity index (χ2v) is 4.82. The lowest BCUT2D eigenvalue weighted by Crippen LogP contribution is -2.31. The Hall–Kier alpha value is -1.16. The Labute approximate surface area is 102 Å². The Morgan fingerprint density at radius 2 is 2.18 bits per heavy atom. The third-order valence-corrected chi connectivity index (χ3v) is 3.50. The number of anilines is 1. The van der Waals surface area contributed by atoms with E-state index in [4.69, 9.17) is 0 Å². The molecule has 0 unspecified atom stereocenters. The van der Waals surface area contributed by atoms with Crippen molar-refractivity contribution in [2.24, 2.45) is 5.92 Å². The van der Waals surface area contributed by atoms with E-state index in [0.717, 1.165) is 24.5 Å². The third kappa shape index (κ3) is 3.40. The molecule has 0 amide bonds. The molecule has 0 bridgehead atoms. The van der Waals surface area contributed by atoms with Crippen molar-refractivity contribution in [3.05, 3.63) is 18.1 Å². The summed E-state index contributed by atoms with van der Waals surface area (Å²) < 4.78 is 0. The van der Waals surface area contributed by atoms with Crippen LogP contribution >= 0.6 is 0 Å². The Morgan fingerprint density at radius 1 is 1.35 bits per heavy atom. The van der Waals surface area contributed by atoms with Gasteiger partial charge in [-0.15, -0.1) is 0 Å². The van der Waals surface area contributed by atoms with Crippen molar-refractivity contribution < 1.29 is 5.11 Å². The first kappa shape index (κ1) is 12.3. The van der Waals surface area contributed by atoms with Gasteiger partial charge in [0.05, 0.1) is 0 Å². The van der Waals surface area contributed by atoms with Crippen LogP contribution in [0.1, 0.15) is 37.9 Å². The number of aliphatic hydroxyl groups is 1. The van der Waals surface area contributed by atoms with Crippen LogP contribution in [0.3, 0.4) is 0 Å². The van der Waals surface area contributed by atoms with Gasteiger partial charge in [-0.25, -0.2) is 9.97 Å². The largest absolute Gasteiger partial charge is 0.396 e. The van der Waals surface area contributed by atoms with Crippen LogP contribution in [0, 0.1) is 12.8 Å². The maximum Gasteiger partial charge on any atom is 0.129 e. The minimum Gasteiger partial charge on any atom is -0.396 e. The SMILES string of the molecule is Cc1nccc(N[C@@H]2CCCCC[C@@H]2CO)n1. The summed E-state index contributed by atoms with van der Waals surface area (Å²) in [6, 6.07) is 2.24. The Kier molecular flexibility index (Phi) is 4.31. The first-order chi connectivity index (χ1) is 8.29. The highest BCUT2D eigenvalue weighted by molar-refractivity contribution is 5.34. The molecule has 4 heteroatoms. The van der Waals surface area contributed by atoms with E-state index in [1.807, 2.05) is 13.0 Å². The van der Waals surface area contributed by atoms with Crippen molar-refractivity contribution in [3.8, 4) is 0 Å². The minimum atomic E-state index is 0.266. The molecule has 2 atom stereocenters. The van der Waals surface area contributed by atoms with Gasteiger partial charge in [0.15, 0.2) is 0 Å². The molecule has 1 fully saturated rings. The predicted molar refractivity (Wildman–Crippen MR) is 67.8 cm³/mol. The molecule has 1 aromatic rings. The molecule has 1 aromatic heterocycles. The molecule has 2 rings (SSSR count). The summed E-state index contributed by atoms with van der Waals surface area (Å²) >= 11 is 0. The molecule has 0 spiro atoms. The summed E-state index contributed by atoms with van der Waals surface area (Å²) in [6.07, 6.45) is 7.74. The Morgan fingerprint density at radius 3 is 2.94 bits per heavy atom. The lowest BCUT2D eigenvalue weighted by Gasteiger charge is -2.25. The second kappa shape index (κ2) is 5.96. The molecule has 0 aliphatic heterocycles. The molecular weight excluding hydrogens is 214 g/mol. The van der Waals surface area contributed by atoms with Gasteiger partial charge in [-0.2, -0.15) is 0 Å². The Bertz CT molecular complexity index is 356. The number of nitrogens with one attached hydrogen (secondary N) is 1. The van der Waals surface area contributed by atoms with Crippen molar-refractivity contribution in [2.45, 2.75) is 45.1 Å². The number of aromatic nitrogens is 2. The lowest BCUT2D eigenvalue weighted by molar-refractivity contribution is 0.203. The standard InChI is InChI=1S/C13H21N3O/c1-10-14-8-7-13(15-10)16-12-6-4-2-3-5-11(12)9-17/h7-8,11-12,17H,2-6,9H2,1H3,(H,14,15,16)/t11-,12-/m1/s1. The van der Waals surface area contributed by atoms with Crippen molar-refractivity contribution in [1.29, 1.82) is 0 Å². The van der Waals surface area contributed by atoms with Gasteiger partial charge in [0.1, 0.15) is 11.6 Å². The lowest BCUT2D eigenvalue weighted by atomic mass is 9.96. The summed E-state index contributed by atoms with van der Waals surface area (Å²) in [5.74, 6) is 2.01. The van der Waals surface area contributed by atoms with Crippen LogP contribution in [-0.4, -0.2) is 27.7 Å². The third-order valence-electron chi connectivity index (χ3n) is 3.50. The van der Waals surface area contributed by atoms with Gasteiger partial charge in [0.2, 0.25) is 0 Å². The highest BCUT2D eigenvalue weighted by atomic mass is 16.3. The minimum absolute atomic E-state index is 0.266. The van der Waals surface area contributed by atoms with Crippen LogP contribution in [-0.2, 0) is 0 Å². The van der Waals surface area contributed by atoms with Crippen LogP contribution < -0.4 is 5.32 Å². The molecule has 1 aliphatic carbocycles. The van der Waals surface area contributed by atoms with E-state index in [0.29, 0.717) is 12.0 Å². The van der Waals surface area contributed by atoms with Gasteiger partial charge < -0.3 is 10.4 Å². The second-order valence-electron chi connectivity index (χ2n) is 4.82. The average Bonchev–Trinajstić information content (AvgIpc) is 2.54. The molecule has 0 saturated heterocycles. The molecule has 2 N–H and O–H groups in total. The van der Waals surface area contributed by atoms with Gasteiger partial charge in [0, 0.05) is 24.8 Å². The number of hydrogen-bond acceptors (Lipinski definition) is 4. The maximum absolute atomic E-state index is 9.45. The van der Waals surface area contributed by atoms with Crippen molar-refractivity contribution >= 4 is 5.82 Å². The molecular formula is C13H21N3O. The van der Waals surface area contributed by atoms with Gasteiger partial charge in [0.25, 0.3) is 0 Å². The van der Waals surface area contributed by atoms with Crippen molar-refractivity contribution in [2.75, 3.05) is 11.9 Å². The zero-order valence-corrected chi connectivity index (χ0v) is 10.4. The molecule has 1 saturated carbocycles. The fourth-order valence-corrected chi connectivity index (χ4v) is 2.52. The van der Waals surface area contributed by atoms with E-state index in [1.54, 1.807) is 6.20 Å². The normalized spacial score (nSPS) is 25.3. The molecule has 4 nitrogen and oxygen atoms in total. The van der Waals surface area contributed by atoms with Crippen molar-refractivity contribution in [1.82, 2.24) is 9.97 Å². The van der Waals surface area contributed by atoms with E-state index in [9.17, 15) is 5.11 Å². The van der Waals surface area contributed by atoms with Crippen LogP contribution in [0.2, 0.25) is 0 Å². The van der Waals surface area contributed by atoms with E-state index < -0.39 is 0 Å². The molecule has 0 aromatic carbocycles. The molecule has 1 heterocycles. The summed E-state index contributed by atoms with van der Waals surface area (Å²) in [5, 5.41) is 12.9. The number of aliphatic hydroxyl groups excluding tert-OH is 1. The Balaban J connectivity index is 2.04. The first-order valence-electron chi connectivity index (χ1n) is 6.46. The van der Waals surface area contributed by atoms with Gasteiger partial charge >= 0.3 is 0 Å². The number of aryl methyl sites for hydroxylation is 1. The van der Waals surface area contributed by atoms with Crippen LogP contribution in [0.25, 0.3) is 0 Å². The van der Waals surface area contributed by atoms with Crippen LogP contribution in [0.15, 0.2) is 12.3 Å². The number of hydrogen-bond donors (Lipinski definition) is 2. The number of rotatable bonds is 3. The molecule has 0 radical (unpaired) electrons. The van der Waals surface area contributed by atoms with Crippen LogP contribution in [0.5, 0.6) is 0 Å². The maximum atomic E-state index is 9.45. The zero-order chi connectivity index (χ0) is 12.1. The van der Waals surface area contributed by atoms with E-state index in [2.05, 4.69) is 15.3 Å². The molecule has 94 valence electrons. The smallest absolute Gasteiger partial charge is 0.129 e. The summed E-state index contributed by atoms with van der Waals surface area (Å²) in [5.41, 5.74) is 0. The highest BCUT2D eigenvalue weighted by Crippen LogP contribution is 2.25. The van der Waals surface area contributed by atoms with Crippen LogP contribution in [0.4, 0.5) is 5.82 Å². The summed E-state index contributed by atoms with van der Waals surface area (Å²) in [6.45, 7) is 2.16. The monoisotopic (exact) mass is 235 g/mol. The summed E-state index contributed by atoms with van der Waals surface area (Å²) in [7, 11) is 0. The fourth-order valence-electron chi connectivity index (χ4n) is 2.52. The predicted octanol–water partition coefficient (Wildman–Crippen LogP) is 2.14. The van der Waals surface area contributed by atoms with Gasteiger partial charge in [-0.1, -0.05) is 19.3 Å². The average molecular weight is 235 g/mol. The van der Waals surface area contributed by atoms with Crippen molar-refractivity contribution in [3.63, 3.8) is 0 Å². The zero-order valence-electron chi connectivity index (χ0n) is 10.4. The molecule has 17 heavy (non-hydrogen) atoms. The fraction of sp³-hybridized carbons (Fsp3) is 0.692.